The van der Waals surface area contributed by atoms with Gasteiger partial charge in [0.2, 0.25) is 11.8 Å². The zero-order valence-electron chi connectivity index (χ0n) is 20.1. The SMILES string of the molecule is CCc1ccc(NC(=O)CSc2nnc(-c3cccc(NC(=O)C=Cc4ccccc4)c3)n2C)cc1. The molecule has 3 aromatic carbocycles. The highest BCUT2D eigenvalue weighted by atomic mass is 32.2. The van der Waals surface area contributed by atoms with Crippen molar-refractivity contribution < 1.29 is 9.59 Å². The van der Waals surface area contributed by atoms with Gasteiger partial charge in [0.05, 0.1) is 5.75 Å². The molecule has 4 aromatic rings. The van der Waals surface area contributed by atoms with Gasteiger partial charge in [-0.3, -0.25) is 9.59 Å². The lowest BCUT2D eigenvalue weighted by atomic mass is 10.1. The number of aryl methyl sites for hydroxylation is 1. The van der Waals surface area contributed by atoms with Gasteiger partial charge in [-0.05, 0) is 47.9 Å². The predicted molar refractivity (Wildman–Crippen MR) is 146 cm³/mol. The maximum absolute atomic E-state index is 12.4. The summed E-state index contributed by atoms with van der Waals surface area (Å²) in [5, 5.41) is 15.0. The molecule has 0 aliphatic rings. The highest BCUT2D eigenvalue weighted by molar-refractivity contribution is 7.99. The molecule has 0 unspecified atom stereocenters. The number of thioether (sulfide) groups is 1. The molecule has 0 saturated heterocycles. The number of anilines is 2. The lowest BCUT2D eigenvalue weighted by Gasteiger charge is -2.07. The van der Waals surface area contributed by atoms with Gasteiger partial charge in [0.15, 0.2) is 11.0 Å². The van der Waals surface area contributed by atoms with Crippen molar-refractivity contribution in [3.63, 3.8) is 0 Å². The summed E-state index contributed by atoms with van der Waals surface area (Å²) in [6.07, 6.45) is 4.23. The van der Waals surface area contributed by atoms with E-state index in [2.05, 4.69) is 27.8 Å². The average molecular weight is 498 g/mol. The topological polar surface area (TPSA) is 88.9 Å². The Morgan fingerprint density at radius 1 is 0.917 bits per heavy atom. The summed E-state index contributed by atoms with van der Waals surface area (Å²) in [6.45, 7) is 2.09. The van der Waals surface area contributed by atoms with Crippen LogP contribution >= 0.6 is 11.8 Å². The summed E-state index contributed by atoms with van der Waals surface area (Å²) < 4.78 is 1.84. The second-order valence-electron chi connectivity index (χ2n) is 8.07. The van der Waals surface area contributed by atoms with Crippen molar-refractivity contribution in [3.8, 4) is 11.4 Å². The molecule has 0 fully saturated rings. The molecule has 0 atom stereocenters. The third-order valence-electron chi connectivity index (χ3n) is 5.43. The highest BCUT2D eigenvalue weighted by Gasteiger charge is 2.14. The van der Waals surface area contributed by atoms with Crippen LogP contribution in [0.1, 0.15) is 18.1 Å². The third-order valence-corrected chi connectivity index (χ3v) is 6.45. The van der Waals surface area contributed by atoms with Crippen LogP contribution in [-0.2, 0) is 23.1 Å². The standard InChI is InChI=1S/C28H27N5O2S/c1-3-20-12-15-23(16-13-20)29-26(35)19-36-28-32-31-27(33(28)2)22-10-7-11-24(18-22)30-25(34)17-14-21-8-5-4-6-9-21/h4-18H,3,19H2,1-2H3,(H,29,35)(H,30,34). The van der Waals surface area contributed by atoms with Crippen LogP contribution in [0.2, 0.25) is 0 Å². The van der Waals surface area contributed by atoms with Gasteiger partial charge in [-0.2, -0.15) is 0 Å². The number of nitrogens with zero attached hydrogens (tertiary/aromatic N) is 3. The van der Waals surface area contributed by atoms with E-state index >= 15 is 0 Å². The monoisotopic (exact) mass is 497 g/mol. The first kappa shape index (κ1) is 24.9. The van der Waals surface area contributed by atoms with Gasteiger partial charge in [-0.15, -0.1) is 10.2 Å². The van der Waals surface area contributed by atoms with Crippen LogP contribution in [0.4, 0.5) is 11.4 Å². The summed E-state index contributed by atoms with van der Waals surface area (Å²) >= 11 is 1.32. The number of hydrogen-bond donors (Lipinski definition) is 2. The lowest BCUT2D eigenvalue weighted by Crippen LogP contribution is -2.14. The molecule has 1 heterocycles. The van der Waals surface area contributed by atoms with Crippen LogP contribution < -0.4 is 10.6 Å². The van der Waals surface area contributed by atoms with E-state index in [0.717, 1.165) is 23.2 Å². The Kier molecular flexibility index (Phi) is 8.31. The predicted octanol–water partition coefficient (Wildman–Crippen LogP) is 5.43. The van der Waals surface area contributed by atoms with Crippen molar-refractivity contribution >= 4 is 41.0 Å². The number of carbonyl (C=O) groups excluding carboxylic acids is 2. The third kappa shape index (κ3) is 6.70. The zero-order chi connectivity index (χ0) is 25.3. The molecule has 4 rings (SSSR count). The van der Waals surface area contributed by atoms with E-state index in [1.165, 1.54) is 23.4 Å². The highest BCUT2D eigenvalue weighted by Crippen LogP contribution is 2.25. The number of aromatic nitrogens is 3. The number of rotatable bonds is 9. The fourth-order valence-electron chi connectivity index (χ4n) is 3.50. The molecule has 0 bridgehead atoms. The molecule has 2 amide bonds. The summed E-state index contributed by atoms with van der Waals surface area (Å²) in [4.78, 5) is 24.7. The van der Waals surface area contributed by atoms with Gasteiger partial charge in [-0.25, -0.2) is 0 Å². The van der Waals surface area contributed by atoms with Crippen molar-refractivity contribution in [2.24, 2.45) is 7.05 Å². The maximum Gasteiger partial charge on any atom is 0.248 e. The van der Waals surface area contributed by atoms with E-state index < -0.39 is 0 Å². The molecule has 7 nitrogen and oxygen atoms in total. The van der Waals surface area contributed by atoms with Crippen molar-refractivity contribution in [1.29, 1.82) is 0 Å². The van der Waals surface area contributed by atoms with Gasteiger partial charge in [0, 0.05) is 30.1 Å². The number of amides is 2. The van der Waals surface area contributed by atoms with Crippen LogP contribution in [0.25, 0.3) is 17.5 Å². The van der Waals surface area contributed by atoms with Crippen molar-refractivity contribution in [2.75, 3.05) is 16.4 Å². The molecule has 2 N–H and O–H groups in total. The molecular formula is C28H27N5O2S. The van der Waals surface area contributed by atoms with Crippen LogP contribution in [0.3, 0.4) is 0 Å². The zero-order valence-corrected chi connectivity index (χ0v) is 21.0. The lowest BCUT2D eigenvalue weighted by molar-refractivity contribution is -0.114. The number of nitrogens with one attached hydrogen (secondary N) is 2. The Morgan fingerprint density at radius 3 is 2.44 bits per heavy atom. The minimum Gasteiger partial charge on any atom is -0.325 e. The quantitative estimate of drug-likeness (QED) is 0.238. The first-order chi connectivity index (χ1) is 17.5. The summed E-state index contributed by atoms with van der Waals surface area (Å²) in [6, 6.07) is 24.9. The summed E-state index contributed by atoms with van der Waals surface area (Å²) in [5.74, 6) is 0.525. The fourth-order valence-corrected chi connectivity index (χ4v) is 4.21. The number of hydrogen-bond acceptors (Lipinski definition) is 5. The summed E-state index contributed by atoms with van der Waals surface area (Å²) in [5.41, 5.74) is 4.41. The normalized spacial score (nSPS) is 10.9. The van der Waals surface area contributed by atoms with Gasteiger partial charge < -0.3 is 15.2 Å². The van der Waals surface area contributed by atoms with E-state index in [0.29, 0.717) is 16.7 Å². The molecule has 0 radical (unpaired) electrons. The molecule has 36 heavy (non-hydrogen) atoms. The van der Waals surface area contributed by atoms with E-state index in [-0.39, 0.29) is 17.6 Å². The Morgan fingerprint density at radius 2 is 1.69 bits per heavy atom. The van der Waals surface area contributed by atoms with Gasteiger partial charge in [0.25, 0.3) is 0 Å². The van der Waals surface area contributed by atoms with Crippen LogP contribution in [0, 0.1) is 0 Å². The van der Waals surface area contributed by atoms with E-state index in [1.54, 1.807) is 6.08 Å². The first-order valence-corrected chi connectivity index (χ1v) is 12.6. The fraction of sp³-hybridized carbons (Fsp3) is 0.143. The minimum absolute atomic E-state index is 0.109. The van der Waals surface area contributed by atoms with Gasteiger partial charge in [-0.1, -0.05) is 73.3 Å². The second-order valence-corrected chi connectivity index (χ2v) is 9.01. The molecule has 8 heteroatoms. The molecule has 0 aliphatic heterocycles. The first-order valence-electron chi connectivity index (χ1n) is 11.6. The van der Waals surface area contributed by atoms with Crippen molar-refractivity contribution in [2.45, 2.75) is 18.5 Å². The molecule has 0 spiro atoms. The number of carbonyl (C=O) groups is 2. The van der Waals surface area contributed by atoms with Gasteiger partial charge >= 0.3 is 0 Å². The van der Waals surface area contributed by atoms with Crippen LogP contribution in [0.5, 0.6) is 0 Å². The smallest absolute Gasteiger partial charge is 0.248 e. The molecule has 0 saturated carbocycles. The van der Waals surface area contributed by atoms with Crippen molar-refractivity contribution in [1.82, 2.24) is 14.8 Å². The Bertz CT molecular complexity index is 1360. The molecule has 0 aliphatic carbocycles. The Labute approximate surface area is 214 Å². The summed E-state index contributed by atoms with van der Waals surface area (Å²) in [7, 11) is 1.85. The van der Waals surface area contributed by atoms with E-state index in [1.807, 2.05) is 90.5 Å². The van der Waals surface area contributed by atoms with E-state index in [9.17, 15) is 9.59 Å². The molecule has 182 valence electrons. The van der Waals surface area contributed by atoms with E-state index in [4.69, 9.17) is 0 Å². The molecular weight excluding hydrogens is 470 g/mol. The van der Waals surface area contributed by atoms with Crippen molar-refractivity contribution in [3.05, 3.63) is 96.1 Å². The minimum atomic E-state index is -0.222. The Hall–Kier alpha value is -4.17. The Balaban J connectivity index is 1.36. The average Bonchev–Trinajstić information content (AvgIpc) is 3.27. The maximum atomic E-state index is 12.4. The largest absolute Gasteiger partial charge is 0.325 e. The second kappa shape index (κ2) is 12.0. The molecule has 1 aromatic heterocycles. The number of benzene rings is 3. The van der Waals surface area contributed by atoms with Crippen LogP contribution in [-0.4, -0.2) is 32.3 Å². The van der Waals surface area contributed by atoms with Gasteiger partial charge in [0.1, 0.15) is 0 Å². The van der Waals surface area contributed by atoms with Crippen LogP contribution in [0.15, 0.2) is 90.1 Å².